The molecule has 0 atom stereocenters. The predicted octanol–water partition coefficient (Wildman–Crippen LogP) is 13.1. The van der Waals surface area contributed by atoms with Crippen LogP contribution in [0, 0.1) is 0 Å². The summed E-state index contributed by atoms with van der Waals surface area (Å²) in [5.41, 5.74) is -1.68. The van der Waals surface area contributed by atoms with Gasteiger partial charge in [-0.1, -0.05) is 140 Å². The average Bonchev–Trinajstić information content (AvgIpc) is 3.35. The second-order valence-electron chi connectivity index (χ2n) is 17.2. The smallest absolute Gasteiger partial charge is 0.744 e. The topological polar surface area (TPSA) is 220 Å². The molecule has 17 heteroatoms. The molecule has 0 aromatic heterocycles. The van der Waals surface area contributed by atoms with Crippen molar-refractivity contribution in [2.75, 3.05) is 26.4 Å². The fourth-order valence-electron chi connectivity index (χ4n) is 6.89. The van der Waals surface area contributed by atoms with Crippen molar-refractivity contribution in [3.8, 4) is 0 Å². The molecule has 0 amide bonds. The molecule has 0 aliphatic heterocycles. The molecular weight excluding hydrogens is 1000 g/mol. The first-order valence-corrected chi connectivity index (χ1v) is 28.9. The zero-order valence-corrected chi connectivity index (χ0v) is 48.0. The van der Waals surface area contributed by atoms with Crippen molar-refractivity contribution < 1.29 is 64.1 Å². The van der Waals surface area contributed by atoms with Gasteiger partial charge < -0.3 is 28.1 Å². The molecule has 2 aromatic carbocycles. The Morgan fingerprint density at radius 1 is 0.384 bits per heavy atom. The van der Waals surface area contributed by atoms with Crippen LogP contribution in [0.25, 0.3) is 0 Å². The molecule has 0 bridgehead atoms. The Kier molecular flexibility index (Phi) is 41.4. The van der Waals surface area contributed by atoms with Crippen LogP contribution in [-0.2, 0) is 39.2 Å². The van der Waals surface area contributed by atoms with E-state index in [9.17, 15) is 45.1 Å². The van der Waals surface area contributed by atoms with Crippen LogP contribution in [0.3, 0.4) is 0 Å². The van der Waals surface area contributed by atoms with Gasteiger partial charge >= 0.3 is 61.6 Å². The second kappa shape index (κ2) is 43.6. The van der Waals surface area contributed by atoms with Gasteiger partial charge in [0.25, 0.3) is 0 Å². The monoisotopic (exact) mass is 1080 g/mol. The van der Waals surface area contributed by atoms with Crippen molar-refractivity contribution in [1.82, 2.24) is 0 Å². The maximum absolute atomic E-state index is 12.7. The van der Waals surface area contributed by atoms with Crippen LogP contribution in [0.5, 0.6) is 0 Å². The standard InChI is InChI=1S/2C28H42O7S.Ca/c2*1-3-5-7-9-11-13-15-17-22-34-27(29)24-20-19-21-25(36(31,32)33)26(24)28(30)35-23-18-16-14-12-10-8-6-4-2;/h2*9-12,19-21H,3-8,13-18,22-23H2,1-2H3,(H,31,32,33);/q;;+2/p-2/b2*11-9+,12-10+;. The third-order valence-corrected chi connectivity index (χ3v) is 12.8. The van der Waals surface area contributed by atoms with Crippen LogP contribution in [0.4, 0.5) is 0 Å². The van der Waals surface area contributed by atoms with Crippen molar-refractivity contribution in [3.05, 3.63) is 107 Å². The maximum atomic E-state index is 12.7. The van der Waals surface area contributed by atoms with Gasteiger partial charge in [-0.15, -0.1) is 0 Å². The third kappa shape index (κ3) is 32.4. The van der Waals surface area contributed by atoms with Crippen LogP contribution in [0.15, 0.2) is 94.8 Å². The van der Waals surface area contributed by atoms with Crippen LogP contribution >= 0.6 is 0 Å². The summed E-state index contributed by atoms with van der Waals surface area (Å²) in [5.74, 6) is -3.76. The number of hydrogen-bond acceptors (Lipinski definition) is 14. The van der Waals surface area contributed by atoms with Crippen molar-refractivity contribution in [1.29, 1.82) is 0 Å². The number of hydrogen-bond donors (Lipinski definition) is 0. The van der Waals surface area contributed by atoms with Gasteiger partial charge in [-0.2, -0.15) is 0 Å². The Morgan fingerprint density at radius 3 is 0.849 bits per heavy atom. The maximum Gasteiger partial charge on any atom is 2.00 e. The quantitative estimate of drug-likeness (QED) is 0.0152. The van der Waals surface area contributed by atoms with Gasteiger partial charge in [0.1, 0.15) is 20.2 Å². The van der Waals surface area contributed by atoms with E-state index in [2.05, 4.69) is 76.3 Å². The van der Waals surface area contributed by atoms with Crippen molar-refractivity contribution in [2.24, 2.45) is 0 Å². The Morgan fingerprint density at radius 2 is 0.616 bits per heavy atom. The first-order chi connectivity index (χ1) is 34.6. The van der Waals surface area contributed by atoms with E-state index >= 15 is 0 Å². The average molecular weight is 1080 g/mol. The Labute approximate surface area is 467 Å². The van der Waals surface area contributed by atoms with Crippen molar-refractivity contribution in [2.45, 2.75) is 192 Å². The zero-order valence-electron chi connectivity index (χ0n) is 44.1. The normalized spacial score (nSPS) is 11.7. The molecule has 73 heavy (non-hydrogen) atoms. The minimum absolute atomic E-state index is 0. The fraction of sp³-hybridized carbons (Fsp3) is 0.571. The molecule has 2 aromatic rings. The van der Waals surface area contributed by atoms with Gasteiger partial charge in [0.2, 0.25) is 0 Å². The Bertz CT molecular complexity index is 2060. The minimum atomic E-state index is -5.00. The first-order valence-electron chi connectivity index (χ1n) is 26.1. The van der Waals surface area contributed by atoms with E-state index in [0.717, 1.165) is 141 Å². The molecule has 0 heterocycles. The van der Waals surface area contributed by atoms with Crippen molar-refractivity contribution >= 4 is 81.9 Å². The SMILES string of the molecule is CCCC/C=C/CCCCOC(=O)c1cccc(S(=O)(=O)[O-])c1C(=O)OCCCC/C=C/CCCC.CCCC/C=C/CCCCOC(=O)c1cccc(S(=O)(=O)[O-])c1C(=O)OCCCC/C=C/CCCC.[Ca+2]. The molecule has 0 unspecified atom stereocenters. The molecule has 0 aliphatic carbocycles. The summed E-state index contributed by atoms with van der Waals surface area (Å²) in [6.45, 7) is 8.91. The van der Waals surface area contributed by atoms with Gasteiger partial charge in [0.05, 0.1) is 58.5 Å². The number of esters is 4. The van der Waals surface area contributed by atoms with Gasteiger partial charge in [-0.3, -0.25) is 0 Å². The van der Waals surface area contributed by atoms with E-state index in [0.29, 0.717) is 25.7 Å². The molecule has 404 valence electrons. The first kappa shape index (κ1) is 69.4. The van der Waals surface area contributed by atoms with Crippen LogP contribution in [0.1, 0.15) is 223 Å². The predicted molar refractivity (Wildman–Crippen MR) is 286 cm³/mol. The van der Waals surface area contributed by atoms with E-state index in [-0.39, 0.29) is 75.3 Å². The number of unbranched alkanes of at least 4 members (excludes halogenated alkanes) is 16. The summed E-state index contributed by atoms with van der Waals surface area (Å²) in [7, 11) is -10.0. The zero-order chi connectivity index (χ0) is 53.3. The molecule has 0 spiro atoms. The number of ether oxygens (including phenoxy) is 4. The van der Waals surface area contributed by atoms with E-state index in [4.69, 9.17) is 18.9 Å². The van der Waals surface area contributed by atoms with E-state index in [1.165, 1.54) is 24.3 Å². The molecule has 0 radical (unpaired) electrons. The summed E-state index contributed by atoms with van der Waals surface area (Å²) in [5, 5.41) is 0. The molecule has 0 saturated heterocycles. The molecular formula is C56H82CaO14S2. The van der Waals surface area contributed by atoms with Gasteiger partial charge in [0, 0.05) is 0 Å². The van der Waals surface area contributed by atoms with E-state index < -0.39 is 65.0 Å². The molecule has 0 saturated carbocycles. The second-order valence-corrected chi connectivity index (χ2v) is 19.9. The summed E-state index contributed by atoms with van der Waals surface area (Å²) < 4.78 is 91.5. The number of carbonyl (C=O) groups is 4. The molecule has 0 N–H and O–H groups in total. The molecule has 2 rings (SSSR count). The number of allylic oxidation sites excluding steroid dienone is 8. The van der Waals surface area contributed by atoms with Crippen molar-refractivity contribution in [3.63, 3.8) is 0 Å². The summed E-state index contributed by atoms with van der Waals surface area (Å²) in [6, 6.07) is 7.02. The number of benzene rings is 2. The third-order valence-electron chi connectivity index (χ3n) is 11.0. The van der Waals surface area contributed by atoms with Gasteiger partial charge in [-0.25, -0.2) is 36.0 Å². The van der Waals surface area contributed by atoms with Crippen LogP contribution < -0.4 is 0 Å². The Hall–Kier alpha value is -3.64. The summed E-state index contributed by atoms with van der Waals surface area (Å²) in [6.07, 6.45) is 39.4. The van der Waals surface area contributed by atoms with Gasteiger partial charge in [-0.05, 0) is 127 Å². The van der Waals surface area contributed by atoms with E-state index in [1.54, 1.807) is 0 Å². The summed E-state index contributed by atoms with van der Waals surface area (Å²) in [4.78, 5) is 49.1. The molecule has 0 fully saturated rings. The summed E-state index contributed by atoms with van der Waals surface area (Å²) >= 11 is 0. The molecule has 14 nitrogen and oxygen atoms in total. The fourth-order valence-corrected chi connectivity index (χ4v) is 8.26. The minimum Gasteiger partial charge on any atom is -0.744 e. The number of rotatable bonds is 38. The molecule has 0 aliphatic rings. The van der Waals surface area contributed by atoms with Crippen LogP contribution in [-0.4, -0.2) is 114 Å². The van der Waals surface area contributed by atoms with E-state index in [1.807, 2.05) is 0 Å². The number of carbonyl (C=O) groups excluding carboxylic acids is 4. The van der Waals surface area contributed by atoms with Gasteiger partial charge in [0.15, 0.2) is 0 Å². The van der Waals surface area contributed by atoms with Crippen LogP contribution in [0.2, 0.25) is 0 Å². The Balaban J connectivity index is 0.00000140. The largest absolute Gasteiger partial charge is 2.00 e.